The summed E-state index contributed by atoms with van der Waals surface area (Å²) in [6, 6.07) is 3.26. The Balaban J connectivity index is 1.93. The molecule has 0 aliphatic heterocycles. The number of tetrazole rings is 1. The molecule has 112 valence electrons. The molecule has 0 bridgehead atoms. The highest BCUT2D eigenvalue weighted by Crippen LogP contribution is 2.19. The molecule has 0 radical (unpaired) electrons. The predicted molar refractivity (Wildman–Crippen MR) is 75.5 cm³/mol. The lowest BCUT2D eigenvalue weighted by Crippen LogP contribution is -2.41. The van der Waals surface area contributed by atoms with E-state index in [1.807, 2.05) is 17.5 Å². The van der Waals surface area contributed by atoms with Crippen LogP contribution in [0.2, 0.25) is 0 Å². The van der Waals surface area contributed by atoms with Crippen LogP contribution in [0.15, 0.2) is 17.5 Å². The summed E-state index contributed by atoms with van der Waals surface area (Å²) in [5, 5.41) is 25.2. The molecule has 2 aromatic heterocycles. The fraction of sp³-hybridized carbons (Fsp3) is 0.417. The van der Waals surface area contributed by atoms with Gasteiger partial charge in [0.2, 0.25) is 11.7 Å². The number of amides is 1. The fourth-order valence-electron chi connectivity index (χ4n) is 1.58. The molecule has 0 aliphatic carbocycles. The molecule has 2 unspecified atom stereocenters. The van der Waals surface area contributed by atoms with Crippen molar-refractivity contribution in [2.45, 2.75) is 26.4 Å². The lowest BCUT2D eigenvalue weighted by molar-refractivity contribution is -0.142. The first kappa shape index (κ1) is 15.1. The molecule has 2 aromatic rings. The highest BCUT2D eigenvalue weighted by atomic mass is 32.1. The molecule has 0 spiro atoms. The smallest absolute Gasteiger partial charge is 0.308 e. The van der Waals surface area contributed by atoms with Crippen molar-refractivity contribution in [3.63, 3.8) is 0 Å². The molecule has 2 rings (SSSR count). The normalized spacial score (nSPS) is 13.6. The van der Waals surface area contributed by atoms with Crippen LogP contribution in [0.4, 0.5) is 0 Å². The molecule has 0 aliphatic rings. The molecule has 9 heteroatoms. The van der Waals surface area contributed by atoms with Gasteiger partial charge in [-0.15, -0.1) is 21.5 Å². The second kappa shape index (κ2) is 6.44. The van der Waals surface area contributed by atoms with Crippen molar-refractivity contribution in [3.8, 4) is 10.7 Å². The Morgan fingerprint density at radius 1 is 1.48 bits per heavy atom. The van der Waals surface area contributed by atoms with Crippen LogP contribution >= 0.6 is 11.3 Å². The Hall–Kier alpha value is -2.29. The number of hydrogen-bond acceptors (Lipinski definition) is 6. The van der Waals surface area contributed by atoms with E-state index in [9.17, 15) is 9.59 Å². The maximum atomic E-state index is 11.8. The lowest BCUT2D eigenvalue weighted by atomic mass is 10.0. The molecule has 0 fully saturated rings. The third kappa shape index (κ3) is 3.85. The van der Waals surface area contributed by atoms with E-state index in [2.05, 4.69) is 20.7 Å². The third-order valence-electron chi connectivity index (χ3n) is 3.01. The summed E-state index contributed by atoms with van der Waals surface area (Å²) < 4.78 is 0. The third-order valence-corrected chi connectivity index (χ3v) is 3.87. The monoisotopic (exact) mass is 309 g/mol. The average Bonchev–Trinajstić information content (AvgIpc) is 3.07. The number of aliphatic carboxylic acids is 1. The van der Waals surface area contributed by atoms with E-state index in [4.69, 9.17) is 5.11 Å². The summed E-state index contributed by atoms with van der Waals surface area (Å²) in [7, 11) is 0. The number of aromatic nitrogens is 4. The molecule has 1 amide bonds. The Labute approximate surface area is 124 Å². The van der Waals surface area contributed by atoms with Crippen molar-refractivity contribution >= 4 is 23.2 Å². The van der Waals surface area contributed by atoms with Gasteiger partial charge in [-0.1, -0.05) is 6.07 Å². The van der Waals surface area contributed by atoms with E-state index in [0.29, 0.717) is 5.82 Å². The van der Waals surface area contributed by atoms with Gasteiger partial charge < -0.3 is 10.4 Å². The van der Waals surface area contributed by atoms with Crippen LogP contribution in [0.5, 0.6) is 0 Å². The summed E-state index contributed by atoms with van der Waals surface area (Å²) in [4.78, 5) is 24.7. The van der Waals surface area contributed by atoms with E-state index in [-0.39, 0.29) is 12.5 Å². The number of nitrogens with zero attached hydrogens (tertiary/aromatic N) is 4. The number of carboxylic acid groups (broad SMARTS) is 1. The highest BCUT2D eigenvalue weighted by Gasteiger charge is 2.21. The molecular weight excluding hydrogens is 294 g/mol. The Bertz CT molecular complexity index is 625. The van der Waals surface area contributed by atoms with Gasteiger partial charge in [0.25, 0.3) is 0 Å². The zero-order chi connectivity index (χ0) is 15.4. The molecule has 0 saturated carbocycles. The second-order valence-corrected chi connectivity index (χ2v) is 5.55. The van der Waals surface area contributed by atoms with Crippen LogP contribution in [0.1, 0.15) is 13.8 Å². The Morgan fingerprint density at radius 3 is 2.86 bits per heavy atom. The van der Waals surface area contributed by atoms with Gasteiger partial charge in [-0.25, -0.2) is 0 Å². The largest absolute Gasteiger partial charge is 0.481 e. The highest BCUT2D eigenvalue weighted by molar-refractivity contribution is 7.13. The van der Waals surface area contributed by atoms with Crippen LogP contribution < -0.4 is 5.32 Å². The maximum Gasteiger partial charge on any atom is 0.308 e. The number of rotatable bonds is 6. The van der Waals surface area contributed by atoms with Crippen molar-refractivity contribution in [3.05, 3.63) is 17.5 Å². The minimum absolute atomic E-state index is 0.102. The lowest BCUT2D eigenvalue weighted by Gasteiger charge is -2.17. The minimum atomic E-state index is -0.957. The standard InChI is InChI=1S/C12H15N5O3S/c1-7(12(19)20)8(2)13-10(18)6-17-15-11(14-16-17)9-4-3-5-21-9/h3-5,7-8H,6H2,1-2H3,(H,13,18)(H,19,20). The van der Waals surface area contributed by atoms with Gasteiger partial charge >= 0.3 is 5.97 Å². The van der Waals surface area contributed by atoms with Crippen molar-refractivity contribution in [2.75, 3.05) is 0 Å². The molecule has 0 saturated heterocycles. The summed E-state index contributed by atoms with van der Waals surface area (Å²) in [5.74, 6) is -1.52. The zero-order valence-corrected chi connectivity index (χ0v) is 12.4. The van der Waals surface area contributed by atoms with Crippen LogP contribution in [-0.2, 0) is 16.1 Å². The number of nitrogens with one attached hydrogen (secondary N) is 1. The first-order chi connectivity index (χ1) is 9.97. The first-order valence-corrected chi connectivity index (χ1v) is 7.19. The second-order valence-electron chi connectivity index (χ2n) is 4.60. The molecule has 8 nitrogen and oxygen atoms in total. The number of hydrogen-bond donors (Lipinski definition) is 2. The van der Waals surface area contributed by atoms with Gasteiger partial charge in [-0.2, -0.15) is 4.80 Å². The van der Waals surface area contributed by atoms with Crippen LogP contribution in [0.3, 0.4) is 0 Å². The number of carboxylic acids is 1. The number of carbonyl (C=O) groups excluding carboxylic acids is 1. The summed E-state index contributed by atoms with van der Waals surface area (Å²) in [6.07, 6.45) is 0. The van der Waals surface area contributed by atoms with Gasteiger partial charge in [0.15, 0.2) is 0 Å². The topological polar surface area (TPSA) is 110 Å². The van der Waals surface area contributed by atoms with Crippen molar-refractivity contribution in [2.24, 2.45) is 5.92 Å². The SMILES string of the molecule is CC(NC(=O)Cn1nnc(-c2cccs2)n1)C(C)C(=O)O. The van der Waals surface area contributed by atoms with Gasteiger partial charge in [-0.05, 0) is 30.5 Å². The fourth-order valence-corrected chi connectivity index (χ4v) is 2.23. The molecule has 2 atom stereocenters. The quantitative estimate of drug-likeness (QED) is 0.809. The zero-order valence-electron chi connectivity index (χ0n) is 11.6. The molecule has 2 heterocycles. The molecule has 21 heavy (non-hydrogen) atoms. The van der Waals surface area contributed by atoms with Gasteiger partial charge in [-0.3, -0.25) is 9.59 Å². The molecule has 0 aromatic carbocycles. The maximum absolute atomic E-state index is 11.8. The minimum Gasteiger partial charge on any atom is -0.481 e. The van der Waals surface area contributed by atoms with Crippen LogP contribution in [0, 0.1) is 5.92 Å². The van der Waals surface area contributed by atoms with Gasteiger partial charge in [0.1, 0.15) is 6.54 Å². The number of carbonyl (C=O) groups is 2. The first-order valence-electron chi connectivity index (χ1n) is 6.31. The molecule has 2 N–H and O–H groups in total. The summed E-state index contributed by atoms with van der Waals surface area (Å²) in [5.41, 5.74) is 0. The van der Waals surface area contributed by atoms with E-state index < -0.39 is 17.9 Å². The summed E-state index contributed by atoms with van der Waals surface area (Å²) >= 11 is 1.48. The van der Waals surface area contributed by atoms with Crippen molar-refractivity contribution < 1.29 is 14.7 Å². The van der Waals surface area contributed by atoms with E-state index in [1.165, 1.54) is 23.1 Å². The van der Waals surface area contributed by atoms with Crippen LogP contribution in [0.25, 0.3) is 10.7 Å². The van der Waals surface area contributed by atoms with Gasteiger partial charge in [0.05, 0.1) is 10.8 Å². The van der Waals surface area contributed by atoms with E-state index >= 15 is 0 Å². The van der Waals surface area contributed by atoms with E-state index in [1.54, 1.807) is 6.92 Å². The van der Waals surface area contributed by atoms with Crippen molar-refractivity contribution in [1.29, 1.82) is 0 Å². The van der Waals surface area contributed by atoms with E-state index in [0.717, 1.165) is 4.88 Å². The number of thiophene rings is 1. The van der Waals surface area contributed by atoms with Crippen LogP contribution in [-0.4, -0.2) is 43.2 Å². The Morgan fingerprint density at radius 2 is 2.24 bits per heavy atom. The average molecular weight is 309 g/mol. The predicted octanol–water partition coefficient (Wildman–Crippen LogP) is 0.627. The Kier molecular flexibility index (Phi) is 4.63. The van der Waals surface area contributed by atoms with Gasteiger partial charge in [0, 0.05) is 6.04 Å². The van der Waals surface area contributed by atoms with Crippen molar-refractivity contribution in [1.82, 2.24) is 25.5 Å². The molecular formula is C12H15N5O3S. The summed E-state index contributed by atoms with van der Waals surface area (Å²) in [6.45, 7) is 3.08.